The van der Waals surface area contributed by atoms with Crippen LogP contribution in [-0.4, -0.2) is 23.2 Å². The van der Waals surface area contributed by atoms with Crippen molar-refractivity contribution in [2.24, 2.45) is 0 Å². The first kappa shape index (κ1) is 12.4. The van der Waals surface area contributed by atoms with Crippen LogP contribution < -0.4 is 5.32 Å². The molecule has 0 atom stereocenters. The van der Waals surface area contributed by atoms with E-state index in [9.17, 15) is 14.5 Å². The average molecular weight is 228 g/mol. The molecule has 0 aliphatic carbocycles. The van der Waals surface area contributed by atoms with Crippen molar-refractivity contribution >= 4 is 11.4 Å². The third-order valence-corrected chi connectivity index (χ3v) is 2.06. The molecule has 5 nitrogen and oxygen atoms in total. The molecule has 0 spiro atoms. The van der Waals surface area contributed by atoms with Crippen LogP contribution in [0, 0.1) is 15.9 Å². The summed E-state index contributed by atoms with van der Waals surface area (Å²) in [5.41, 5.74) is 0.0216. The number of nitro benzene ring substituents is 1. The molecule has 0 unspecified atom stereocenters. The molecule has 88 valence electrons. The lowest BCUT2D eigenvalue weighted by atomic mass is 10.2. The summed E-state index contributed by atoms with van der Waals surface area (Å²) < 4.78 is 12.9. The number of rotatable bonds is 6. The molecule has 1 aromatic carbocycles. The second-order valence-corrected chi connectivity index (χ2v) is 3.28. The minimum Gasteiger partial charge on any atom is -0.396 e. The number of nitrogens with zero attached hydrogens (tertiary/aromatic N) is 1. The van der Waals surface area contributed by atoms with E-state index in [0.717, 1.165) is 18.2 Å². The van der Waals surface area contributed by atoms with Gasteiger partial charge in [-0.2, -0.15) is 0 Å². The van der Waals surface area contributed by atoms with E-state index in [1.165, 1.54) is 0 Å². The normalized spacial score (nSPS) is 10.1. The summed E-state index contributed by atoms with van der Waals surface area (Å²) in [4.78, 5) is 10.1. The number of anilines is 1. The van der Waals surface area contributed by atoms with Crippen LogP contribution >= 0.6 is 0 Å². The molecule has 0 bridgehead atoms. The van der Waals surface area contributed by atoms with Gasteiger partial charge in [0.2, 0.25) is 0 Å². The van der Waals surface area contributed by atoms with E-state index in [2.05, 4.69) is 5.32 Å². The van der Waals surface area contributed by atoms with E-state index in [1.54, 1.807) is 0 Å². The van der Waals surface area contributed by atoms with Crippen LogP contribution in [-0.2, 0) is 0 Å². The summed E-state index contributed by atoms with van der Waals surface area (Å²) in [6, 6.07) is 3.28. The first-order valence-corrected chi connectivity index (χ1v) is 4.94. The van der Waals surface area contributed by atoms with Gasteiger partial charge in [0.25, 0.3) is 5.69 Å². The van der Waals surface area contributed by atoms with E-state index in [4.69, 9.17) is 5.11 Å². The Morgan fingerprint density at radius 3 is 2.81 bits per heavy atom. The molecular weight excluding hydrogens is 215 g/mol. The first-order chi connectivity index (χ1) is 7.65. The van der Waals surface area contributed by atoms with Crippen molar-refractivity contribution in [3.8, 4) is 0 Å². The highest BCUT2D eigenvalue weighted by atomic mass is 19.1. The second kappa shape index (κ2) is 6.02. The number of hydrogen-bond acceptors (Lipinski definition) is 4. The number of halogens is 1. The van der Waals surface area contributed by atoms with Crippen LogP contribution in [0.3, 0.4) is 0 Å². The number of nitrogens with one attached hydrogen (secondary N) is 1. The van der Waals surface area contributed by atoms with E-state index in [0.29, 0.717) is 19.4 Å². The summed E-state index contributed by atoms with van der Waals surface area (Å²) in [7, 11) is 0. The average Bonchev–Trinajstić information content (AvgIpc) is 2.24. The lowest BCUT2D eigenvalue weighted by molar-refractivity contribution is -0.384. The third-order valence-electron chi connectivity index (χ3n) is 2.06. The zero-order chi connectivity index (χ0) is 12.0. The molecule has 16 heavy (non-hydrogen) atoms. The maximum atomic E-state index is 12.9. The largest absolute Gasteiger partial charge is 0.396 e. The van der Waals surface area contributed by atoms with E-state index >= 15 is 0 Å². The SMILES string of the molecule is O=[N+]([O-])c1ccc(F)cc1NCCCCO. The second-order valence-electron chi connectivity index (χ2n) is 3.28. The van der Waals surface area contributed by atoms with Crippen molar-refractivity contribution < 1.29 is 14.4 Å². The standard InChI is InChI=1S/C10H13FN2O3/c11-8-3-4-10(13(15)16)9(7-8)12-5-1-2-6-14/h3-4,7,12,14H,1-2,5-6H2. The first-order valence-electron chi connectivity index (χ1n) is 4.94. The number of aliphatic hydroxyl groups is 1. The summed E-state index contributed by atoms with van der Waals surface area (Å²) >= 11 is 0. The molecule has 2 N–H and O–H groups in total. The van der Waals surface area contributed by atoms with Gasteiger partial charge in [-0.1, -0.05) is 0 Å². The van der Waals surface area contributed by atoms with Crippen LogP contribution in [0.1, 0.15) is 12.8 Å². The van der Waals surface area contributed by atoms with Gasteiger partial charge >= 0.3 is 0 Å². The molecular formula is C10H13FN2O3. The summed E-state index contributed by atoms with van der Waals surface area (Å²) in [5, 5.41) is 22.0. The highest BCUT2D eigenvalue weighted by Gasteiger charge is 2.13. The Bertz CT molecular complexity index is 371. The van der Waals surface area contributed by atoms with E-state index in [-0.39, 0.29) is 18.0 Å². The zero-order valence-electron chi connectivity index (χ0n) is 8.65. The maximum absolute atomic E-state index is 12.9. The van der Waals surface area contributed by atoms with Gasteiger partial charge in [-0.25, -0.2) is 4.39 Å². The van der Waals surface area contributed by atoms with Crippen LogP contribution in [0.15, 0.2) is 18.2 Å². The van der Waals surface area contributed by atoms with Gasteiger partial charge in [0.05, 0.1) is 4.92 Å². The lowest BCUT2D eigenvalue weighted by Gasteiger charge is -2.06. The Kier molecular flexibility index (Phi) is 4.65. The van der Waals surface area contributed by atoms with Crippen LogP contribution in [0.4, 0.5) is 15.8 Å². The minimum atomic E-state index is -0.562. The maximum Gasteiger partial charge on any atom is 0.292 e. The van der Waals surface area contributed by atoms with Gasteiger partial charge in [-0.05, 0) is 18.9 Å². The molecule has 0 aromatic heterocycles. The smallest absolute Gasteiger partial charge is 0.292 e. The third kappa shape index (κ3) is 3.47. The predicted octanol–water partition coefficient (Wildman–Crippen LogP) is 1.92. The number of aliphatic hydroxyl groups excluding tert-OH is 1. The molecule has 0 saturated heterocycles. The predicted molar refractivity (Wildman–Crippen MR) is 57.9 cm³/mol. The molecule has 1 aromatic rings. The van der Waals surface area contributed by atoms with Crippen LogP contribution in [0.25, 0.3) is 0 Å². The van der Waals surface area contributed by atoms with Gasteiger partial charge in [0.15, 0.2) is 0 Å². The van der Waals surface area contributed by atoms with Gasteiger partial charge in [-0.15, -0.1) is 0 Å². The van der Waals surface area contributed by atoms with Gasteiger partial charge < -0.3 is 10.4 Å². The van der Waals surface area contributed by atoms with Crippen molar-refractivity contribution in [2.75, 3.05) is 18.5 Å². The Morgan fingerprint density at radius 1 is 1.44 bits per heavy atom. The molecule has 6 heteroatoms. The number of benzene rings is 1. The summed E-state index contributed by atoms with van der Waals surface area (Å²) in [6.07, 6.45) is 1.28. The summed E-state index contributed by atoms with van der Waals surface area (Å²) in [6.45, 7) is 0.539. The Hall–Kier alpha value is -1.69. The fourth-order valence-corrected chi connectivity index (χ4v) is 1.27. The molecule has 0 radical (unpaired) electrons. The van der Waals surface area contributed by atoms with Crippen molar-refractivity contribution in [1.29, 1.82) is 0 Å². The van der Waals surface area contributed by atoms with Crippen LogP contribution in [0.2, 0.25) is 0 Å². The van der Waals surface area contributed by atoms with Crippen molar-refractivity contribution in [3.05, 3.63) is 34.1 Å². The van der Waals surface area contributed by atoms with E-state index < -0.39 is 10.7 Å². The molecule has 0 amide bonds. The van der Waals surface area contributed by atoms with E-state index in [1.807, 2.05) is 0 Å². The minimum absolute atomic E-state index is 0.0763. The van der Waals surface area contributed by atoms with Gasteiger partial charge in [0.1, 0.15) is 11.5 Å². The Balaban J connectivity index is 2.68. The number of unbranched alkanes of at least 4 members (excludes halogenated alkanes) is 1. The zero-order valence-corrected chi connectivity index (χ0v) is 8.65. The molecule has 0 aliphatic heterocycles. The topological polar surface area (TPSA) is 75.4 Å². The molecule has 0 saturated carbocycles. The number of hydrogen-bond donors (Lipinski definition) is 2. The highest BCUT2D eigenvalue weighted by molar-refractivity contribution is 5.61. The van der Waals surface area contributed by atoms with Crippen molar-refractivity contribution in [3.63, 3.8) is 0 Å². The van der Waals surface area contributed by atoms with Gasteiger partial charge in [-0.3, -0.25) is 10.1 Å². The molecule has 0 aliphatic rings. The van der Waals surface area contributed by atoms with Crippen molar-refractivity contribution in [2.45, 2.75) is 12.8 Å². The fraction of sp³-hybridized carbons (Fsp3) is 0.400. The molecule has 0 fully saturated rings. The van der Waals surface area contributed by atoms with Gasteiger partial charge in [0, 0.05) is 25.3 Å². The lowest BCUT2D eigenvalue weighted by Crippen LogP contribution is -2.05. The molecule has 0 heterocycles. The number of nitro groups is 1. The monoisotopic (exact) mass is 228 g/mol. The Morgan fingerprint density at radius 2 is 2.19 bits per heavy atom. The highest BCUT2D eigenvalue weighted by Crippen LogP contribution is 2.24. The van der Waals surface area contributed by atoms with Crippen molar-refractivity contribution in [1.82, 2.24) is 0 Å². The fourth-order valence-electron chi connectivity index (χ4n) is 1.27. The van der Waals surface area contributed by atoms with Crippen LogP contribution in [0.5, 0.6) is 0 Å². The molecule has 1 rings (SSSR count). The Labute approximate surface area is 92.1 Å². The quantitative estimate of drug-likeness (QED) is 0.443. The summed E-state index contributed by atoms with van der Waals surface area (Å²) in [5.74, 6) is -0.518.